The number of nitrogens with one attached hydrogen (secondary N) is 1. The van der Waals surface area contributed by atoms with Crippen LogP contribution in [-0.2, 0) is 6.54 Å². The summed E-state index contributed by atoms with van der Waals surface area (Å²) in [5.74, 6) is 0. The molecule has 5 heteroatoms. The lowest BCUT2D eigenvalue weighted by molar-refractivity contribution is 0.136. The highest BCUT2D eigenvalue weighted by molar-refractivity contribution is 7.09. The van der Waals surface area contributed by atoms with Crippen LogP contribution in [0.25, 0.3) is 0 Å². The minimum atomic E-state index is 0.108. The highest BCUT2D eigenvalue weighted by Crippen LogP contribution is 2.13. The quantitative estimate of drug-likeness (QED) is 0.819. The van der Waals surface area contributed by atoms with E-state index in [1.807, 2.05) is 4.90 Å². The molecule has 0 bridgehead atoms. The topological polar surface area (TPSA) is 35.6 Å². The minimum absolute atomic E-state index is 0.108. The number of carbonyl (C=O) groups is 1. The Labute approximate surface area is 125 Å². The number of piperazine rings is 1. The Kier molecular flexibility index (Phi) is 6.33. The van der Waals surface area contributed by atoms with Crippen LogP contribution in [0, 0.1) is 0 Å². The van der Waals surface area contributed by atoms with E-state index in [0.717, 1.165) is 45.7 Å². The number of amides is 2. The molecule has 0 spiro atoms. The lowest BCUT2D eigenvalue weighted by Gasteiger charge is -2.34. The van der Waals surface area contributed by atoms with Gasteiger partial charge in [-0.2, -0.15) is 0 Å². The Balaban J connectivity index is 1.64. The predicted molar refractivity (Wildman–Crippen MR) is 84.1 cm³/mol. The maximum Gasteiger partial charge on any atom is 0.317 e. The van der Waals surface area contributed by atoms with Gasteiger partial charge in [-0.1, -0.05) is 25.8 Å². The molecule has 2 amide bonds. The van der Waals surface area contributed by atoms with Gasteiger partial charge in [-0.15, -0.1) is 11.3 Å². The summed E-state index contributed by atoms with van der Waals surface area (Å²) >= 11 is 1.80. The van der Waals surface area contributed by atoms with E-state index in [2.05, 4.69) is 34.7 Å². The molecule has 2 heterocycles. The zero-order valence-electron chi connectivity index (χ0n) is 12.3. The number of hydrogen-bond donors (Lipinski definition) is 1. The van der Waals surface area contributed by atoms with E-state index in [4.69, 9.17) is 0 Å². The van der Waals surface area contributed by atoms with Gasteiger partial charge in [-0.25, -0.2) is 4.79 Å². The van der Waals surface area contributed by atoms with Gasteiger partial charge in [0.15, 0.2) is 0 Å². The van der Waals surface area contributed by atoms with Crippen molar-refractivity contribution < 1.29 is 4.79 Å². The Morgan fingerprint density at radius 2 is 2.10 bits per heavy atom. The number of unbranched alkanes of at least 4 members (excludes halogenated alkanes) is 2. The van der Waals surface area contributed by atoms with E-state index in [9.17, 15) is 4.79 Å². The van der Waals surface area contributed by atoms with E-state index in [-0.39, 0.29) is 6.03 Å². The summed E-state index contributed by atoms with van der Waals surface area (Å²) in [6.45, 7) is 7.62. The van der Waals surface area contributed by atoms with Crippen LogP contribution in [0.2, 0.25) is 0 Å². The molecule has 112 valence electrons. The fourth-order valence-corrected chi connectivity index (χ4v) is 3.16. The summed E-state index contributed by atoms with van der Waals surface area (Å²) in [5, 5.41) is 5.14. The van der Waals surface area contributed by atoms with Crippen molar-refractivity contribution in [3.63, 3.8) is 0 Å². The lowest BCUT2D eigenvalue weighted by Crippen LogP contribution is -2.51. The molecule has 0 aliphatic carbocycles. The number of rotatable bonds is 6. The zero-order chi connectivity index (χ0) is 14.2. The fourth-order valence-electron chi connectivity index (χ4n) is 2.41. The van der Waals surface area contributed by atoms with Crippen molar-refractivity contribution in [3.8, 4) is 0 Å². The number of carbonyl (C=O) groups excluding carboxylic acids is 1. The molecule has 1 aromatic rings. The second kappa shape index (κ2) is 8.27. The minimum Gasteiger partial charge on any atom is -0.338 e. The van der Waals surface area contributed by atoms with Crippen molar-refractivity contribution in [2.75, 3.05) is 32.7 Å². The first-order valence-corrected chi connectivity index (χ1v) is 8.45. The molecular formula is C15H25N3OS. The molecule has 1 aliphatic rings. The van der Waals surface area contributed by atoms with Crippen LogP contribution in [0.1, 0.15) is 31.1 Å². The number of thiophene rings is 1. The van der Waals surface area contributed by atoms with Crippen LogP contribution < -0.4 is 5.32 Å². The van der Waals surface area contributed by atoms with Gasteiger partial charge in [-0.3, -0.25) is 4.90 Å². The summed E-state index contributed by atoms with van der Waals surface area (Å²) in [7, 11) is 0. The van der Waals surface area contributed by atoms with Gasteiger partial charge in [0.1, 0.15) is 0 Å². The Morgan fingerprint density at radius 3 is 2.75 bits per heavy atom. The van der Waals surface area contributed by atoms with Crippen LogP contribution in [0.15, 0.2) is 17.5 Å². The van der Waals surface area contributed by atoms with Gasteiger partial charge >= 0.3 is 6.03 Å². The Morgan fingerprint density at radius 1 is 1.30 bits per heavy atom. The van der Waals surface area contributed by atoms with Gasteiger partial charge < -0.3 is 10.2 Å². The van der Waals surface area contributed by atoms with Crippen molar-refractivity contribution in [2.45, 2.75) is 32.7 Å². The third-order valence-corrected chi connectivity index (χ3v) is 4.54. The molecule has 1 saturated heterocycles. The maximum absolute atomic E-state index is 12.0. The Hall–Kier alpha value is -1.07. The summed E-state index contributed by atoms with van der Waals surface area (Å²) in [4.78, 5) is 17.8. The van der Waals surface area contributed by atoms with Crippen molar-refractivity contribution in [1.82, 2.24) is 15.1 Å². The van der Waals surface area contributed by atoms with Gasteiger partial charge in [0.2, 0.25) is 0 Å². The Bertz CT molecular complexity index is 386. The molecule has 0 radical (unpaired) electrons. The maximum atomic E-state index is 12.0. The molecule has 0 atom stereocenters. The molecule has 2 rings (SSSR count). The summed E-state index contributed by atoms with van der Waals surface area (Å²) in [5.41, 5.74) is 0. The van der Waals surface area contributed by atoms with Crippen LogP contribution in [0.4, 0.5) is 4.79 Å². The van der Waals surface area contributed by atoms with Gasteiger partial charge in [-0.05, 0) is 17.9 Å². The molecule has 1 N–H and O–H groups in total. The van der Waals surface area contributed by atoms with E-state index >= 15 is 0 Å². The van der Waals surface area contributed by atoms with E-state index in [0.29, 0.717) is 0 Å². The lowest BCUT2D eigenvalue weighted by atomic mass is 10.2. The average Bonchev–Trinajstić information content (AvgIpc) is 2.97. The predicted octanol–water partition coefficient (Wildman–Crippen LogP) is 2.77. The standard InChI is InChI=1S/C15H25N3OS/c1-2-3-4-7-16-15(19)18-10-8-17(9-11-18)13-14-6-5-12-20-14/h5-6,12H,2-4,7-11,13H2,1H3,(H,16,19). The van der Waals surface area contributed by atoms with Crippen LogP contribution in [0.3, 0.4) is 0 Å². The van der Waals surface area contributed by atoms with Crippen LogP contribution in [-0.4, -0.2) is 48.6 Å². The smallest absolute Gasteiger partial charge is 0.317 e. The number of urea groups is 1. The first-order chi connectivity index (χ1) is 9.79. The highest BCUT2D eigenvalue weighted by Gasteiger charge is 2.20. The van der Waals surface area contributed by atoms with E-state index in [1.165, 1.54) is 17.7 Å². The van der Waals surface area contributed by atoms with E-state index in [1.54, 1.807) is 11.3 Å². The van der Waals surface area contributed by atoms with E-state index < -0.39 is 0 Å². The first-order valence-electron chi connectivity index (χ1n) is 7.57. The molecule has 1 aliphatic heterocycles. The summed E-state index contributed by atoms with van der Waals surface area (Å²) in [6, 6.07) is 4.38. The van der Waals surface area contributed by atoms with Crippen molar-refractivity contribution >= 4 is 17.4 Å². The van der Waals surface area contributed by atoms with Crippen LogP contribution in [0.5, 0.6) is 0 Å². The number of hydrogen-bond acceptors (Lipinski definition) is 3. The molecule has 4 nitrogen and oxygen atoms in total. The number of nitrogens with zero attached hydrogens (tertiary/aromatic N) is 2. The van der Waals surface area contributed by atoms with Gasteiger partial charge in [0.25, 0.3) is 0 Å². The molecule has 0 aromatic carbocycles. The highest BCUT2D eigenvalue weighted by atomic mass is 32.1. The SMILES string of the molecule is CCCCCNC(=O)N1CCN(Cc2cccs2)CC1. The molecule has 0 saturated carbocycles. The summed E-state index contributed by atoms with van der Waals surface area (Å²) in [6.07, 6.45) is 3.46. The largest absolute Gasteiger partial charge is 0.338 e. The van der Waals surface area contributed by atoms with Crippen molar-refractivity contribution in [1.29, 1.82) is 0 Å². The molecule has 1 aromatic heterocycles. The van der Waals surface area contributed by atoms with Crippen molar-refractivity contribution in [3.05, 3.63) is 22.4 Å². The average molecular weight is 295 g/mol. The first kappa shape index (κ1) is 15.3. The van der Waals surface area contributed by atoms with Crippen molar-refractivity contribution in [2.24, 2.45) is 0 Å². The normalized spacial score (nSPS) is 16.4. The molecule has 1 fully saturated rings. The second-order valence-electron chi connectivity index (χ2n) is 5.28. The zero-order valence-corrected chi connectivity index (χ0v) is 13.1. The molecular weight excluding hydrogens is 270 g/mol. The van der Waals surface area contributed by atoms with Gasteiger partial charge in [0, 0.05) is 44.1 Å². The second-order valence-corrected chi connectivity index (χ2v) is 6.31. The molecule has 20 heavy (non-hydrogen) atoms. The third-order valence-electron chi connectivity index (χ3n) is 3.68. The molecule has 0 unspecified atom stereocenters. The summed E-state index contributed by atoms with van der Waals surface area (Å²) < 4.78 is 0. The van der Waals surface area contributed by atoms with Gasteiger partial charge in [0.05, 0.1) is 0 Å². The van der Waals surface area contributed by atoms with Crippen LogP contribution >= 0.6 is 11.3 Å². The third kappa shape index (κ3) is 4.80. The monoisotopic (exact) mass is 295 g/mol. The fraction of sp³-hybridized carbons (Fsp3) is 0.667.